The number of carbonyl (C=O) groups is 1. The van der Waals surface area contributed by atoms with Crippen LogP contribution in [0.4, 0.5) is 10.1 Å². The molecule has 0 unspecified atom stereocenters. The first-order valence-corrected chi connectivity index (χ1v) is 8.26. The fourth-order valence-electron chi connectivity index (χ4n) is 2.68. The molecule has 0 saturated carbocycles. The number of benzene rings is 2. The molecule has 2 N–H and O–H groups in total. The van der Waals surface area contributed by atoms with E-state index in [1.807, 2.05) is 12.1 Å². The Morgan fingerprint density at radius 2 is 1.88 bits per heavy atom. The van der Waals surface area contributed by atoms with E-state index in [0.717, 1.165) is 32.8 Å². The van der Waals surface area contributed by atoms with Crippen molar-refractivity contribution >= 4 is 23.2 Å². The summed E-state index contributed by atoms with van der Waals surface area (Å²) in [7, 11) is 0. The van der Waals surface area contributed by atoms with Gasteiger partial charge >= 0.3 is 0 Å². The first-order chi connectivity index (χ1) is 11.6. The lowest BCUT2D eigenvalue weighted by Gasteiger charge is -2.23. The molecule has 1 amide bonds. The molecule has 1 aliphatic heterocycles. The van der Waals surface area contributed by atoms with Crippen molar-refractivity contribution in [1.29, 1.82) is 0 Å². The number of morpholine rings is 1. The number of hydrogen-bond donors (Lipinski definition) is 2. The maximum absolute atomic E-state index is 13.7. The van der Waals surface area contributed by atoms with E-state index in [2.05, 4.69) is 5.32 Å². The molecule has 0 atom stereocenters. The third-order valence-corrected chi connectivity index (χ3v) is 4.28. The van der Waals surface area contributed by atoms with Crippen LogP contribution in [0.3, 0.4) is 0 Å². The molecular weight excluding hydrogens is 331 g/mol. The van der Waals surface area contributed by atoms with Gasteiger partial charge in [0.2, 0.25) is 0 Å². The van der Waals surface area contributed by atoms with Crippen LogP contribution >= 0.6 is 11.6 Å². The molecule has 0 spiro atoms. The highest BCUT2D eigenvalue weighted by Crippen LogP contribution is 2.19. The SMILES string of the molecule is O=C(Nc1ccc(Cl)cc1F)c1ccc(C[NH+]2CCOCC2)cc1. The molecule has 3 rings (SSSR count). The summed E-state index contributed by atoms with van der Waals surface area (Å²) in [6.07, 6.45) is 0. The summed E-state index contributed by atoms with van der Waals surface area (Å²) in [5.41, 5.74) is 1.78. The van der Waals surface area contributed by atoms with Gasteiger partial charge in [-0.15, -0.1) is 0 Å². The quantitative estimate of drug-likeness (QED) is 0.888. The zero-order valence-corrected chi connectivity index (χ0v) is 13.9. The van der Waals surface area contributed by atoms with Gasteiger partial charge in [-0.1, -0.05) is 23.7 Å². The van der Waals surface area contributed by atoms with E-state index in [9.17, 15) is 9.18 Å². The smallest absolute Gasteiger partial charge is 0.255 e. The molecule has 1 fully saturated rings. The average Bonchev–Trinajstić information content (AvgIpc) is 2.59. The number of halogens is 2. The second-order valence-corrected chi connectivity index (χ2v) is 6.25. The summed E-state index contributed by atoms with van der Waals surface area (Å²) >= 11 is 5.71. The van der Waals surface area contributed by atoms with E-state index in [4.69, 9.17) is 16.3 Å². The van der Waals surface area contributed by atoms with Crippen molar-refractivity contribution in [1.82, 2.24) is 0 Å². The van der Waals surface area contributed by atoms with E-state index in [0.29, 0.717) is 10.6 Å². The van der Waals surface area contributed by atoms with E-state index in [1.54, 1.807) is 12.1 Å². The van der Waals surface area contributed by atoms with Gasteiger partial charge in [-0.3, -0.25) is 4.79 Å². The van der Waals surface area contributed by atoms with Gasteiger partial charge in [-0.25, -0.2) is 4.39 Å². The van der Waals surface area contributed by atoms with Gasteiger partial charge in [-0.2, -0.15) is 0 Å². The van der Waals surface area contributed by atoms with Crippen LogP contribution in [0.15, 0.2) is 42.5 Å². The number of nitrogens with one attached hydrogen (secondary N) is 2. The Hall–Kier alpha value is -1.95. The number of rotatable bonds is 4. The number of amides is 1. The summed E-state index contributed by atoms with van der Waals surface area (Å²) in [6.45, 7) is 4.50. The Labute approximate surface area is 145 Å². The summed E-state index contributed by atoms with van der Waals surface area (Å²) in [6, 6.07) is 11.6. The highest BCUT2D eigenvalue weighted by Gasteiger charge is 2.15. The normalized spacial score (nSPS) is 15.2. The van der Waals surface area contributed by atoms with E-state index >= 15 is 0 Å². The predicted molar refractivity (Wildman–Crippen MR) is 91.0 cm³/mol. The molecule has 24 heavy (non-hydrogen) atoms. The molecule has 0 aliphatic carbocycles. The van der Waals surface area contributed by atoms with Gasteiger partial charge in [-0.05, 0) is 30.3 Å². The molecule has 2 aromatic rings. The number of carbonyl (C=O) groups excluding carboxylic acids is 1. The summed E-state index contributed by atoms with van der Waals surface area (Å²) in [4.78, 5) is 13.7. The van der Waals surface area contributed by atoms with Crippen molar-refractivity contribution < 1.29 is 18.8 Å². The average molecular weight is 350 g/mol. The molecule has 1 saturated heterocycles. The minimum Gasteiger partial charge on any atom is -0.370 e. The van der Waals surface area contributed by atoms with Crippen LogP contribution in [0.1, 0.15) is 15.9 Å². The van der Waals surface area contributed by atoms with Gasteiger partial charge in [0.15, 0.2) is 0 Å². The number of anilines is 1. The van der Waals surface area contributed by atoms with Crippen LogP contribution in [0, 0.1) is 5.82 Å². The second kappa shape index (κ2) is 7.75. The number of hydrogen-bond acceptors (Lipinski definition) is 2. The summed E-state index contributed by atoms with van der Waals surface area (Å²) in [5, 5.41) is 2.85. The minimum atomic E-state index is -0.552. The van der Waals surface area contributed by atoms with E-state index in [-0.39, 0.29) is 11.6 Å². The van der Waals surface area contributed by atoms with Gasteiger partial charge in [0.1, 0.15) is 25.5 Å². The lowest BCUT2D eigenvalue weighted by molar-refractivity contribution is -0.921. The van der Waals surface area contributed by atoms with Gasteiger partial charge in [0.05, 0.1) is 18.9 Å². The molecule has 0 radical (unpaired) electrons. The molecule has 0 aromatic heterocycles. The second-order valence-electron chi connectivity index (χ2n) is 5.81. The van der Waals surface area contributed by atoms with Gasteiger partial charge in [0.25, 0.3) is 5.91 Å². The Morgan fingerprint density at radius 1 is 1.17 bits per heavy atom. The van der Waals surface area contributed by atoms with E-state index < -0.39 is 5.82 Å². The third-order valence-electron chi connectivity index (χ3n) is 4.05. The number of ether oxygens (including phenoxy) is 1. The lowest BCUT2D eigenvalue weighted by atomic mass is 10.1. The Balaban J connectivity index is 1.62. The molecule has 1 aliphatic rings. The zero-order chi connectivity index (χ0) is 16.9. The predicted octanol–water partition coefficient (Wildman–Crippen LogP) is 2.15. The molecule has 2 aromatic carbocycles. The van der Waals surface area contributed by atoms with Crippen molar-refractivity contribution in [2.75, 3.05) is 31.6 Å². The van der Waals surface area contributed by atoms with Crippen LogP contribution < -0.4 is 10.2 Å². The molecule has 4 nitrogen and oxygen atoms in total. The van der Waals surface area contributed by atoms with Crippen LogP contribution in [-0.2, 0) is 11.3 Å². The maximum Gasteiger partial charge on any atom is 0.255 e. The molecule has 126 valence electrons. The zero-order valence-electron chi connectivity index (χ0n) is 13.1. The summed E-state index contributed by atoms with van der Waals surface area (Å²) in [5.74, 6) is -0.898. The first kappa shape index (κ1) is 16.9. The number of quaternary nitrogens is 1. The van der Waals surface area contributed by atoms with E-state index in [1.165, 1.54) is 28.7 Å². The summed E-state index contributed by atoms with van der Waals surface area (Å²) < 4.78 is 19.1. The first-order valence-electron chi connectivity index (χ1n) is 7.88. The fraction of sp³-hybridized carbons (Fsp3) is 0.278. The van der Waals surface area contributed by atoms with Crippen LogP contribution in [0.25, 0.3) is 0 Å². The molecular formula is C18H19ClFN2O2+. The van der Waals surface area contributed by atoms with Crippen LogP contribution in [-0.4, -0.2) is 32.2 Å². The topological polar surface area (TPSA) is 42.8 Å². The van der Waals surface area contributed by atoms with Gasteiger partial charge in [0, 0.05) is 16.1 Å². The lowest BCUT2D eigenvalue weighted by Crippen LogP contribution is -3.12. The Morgan fingerprint density at radius 3 is 2.54 bits per heavy atom. The highest BCUT2D eigenvalue weighted by atomic mass is 35.5. The molecule has 6 heteroatoms. The molecule has 0 bridgehead atoms. The van der Waals surface area contributed by atoms with Crippen LogP contribution in [0.5, 0.6) is 0 Å². The van der Waals surface area contributed by atoms with Crippen molar-refractivity contribution in [3.8, 4) is 0 Å². The fourth-order valence-corrected chi connectivity index (χ4v) is 2.84. The van der Waals surface area contributed by atoms with Crippen molar-refractivity contribution in [2.45, 2.75) is 6.54 Å². The Kier molecular flexibility index (Phi) is 5.45. The van der Waals surface area contributed by atoms with Crippen LogP contribution in [0.2, 0.25) is 5.02 Å². The monoisotopic (exact) mass is 349 g/mol. The standard InChI is InChI=1S/C18H18ClFN2O2/c19-15-5-6-17(16(20)11-15)21-18(23)14-3-1-13(2-4-14)12-22-7-9-24-10-8-22/h1-6,11H,7-10,12H2,(H,21,23)/p+1. The van der Waals surface area contributed by atoms with Crippen molar-refractivity contribution in [3.63, 3.8) is 0 Å². The largest absolute Gasteiger partial charge is 0.370 e. The van der Waals surface area contributed by atoms with Crippen molar-refractivity contribution in [2.24, 2.45) is 0 Å². The highest BCUT2D eigenvalue weighted by molar-refractivity contribution is 6.30. The Bertz CT molecular complexity index is 715. The third kappa shape index (κ3) is 4.32. The minimum absolute atomic E-state index is 0.117. The maximum atomic E-state index is 13.7. The van der Waals surface area contributed by atoms with Gasteiger partial charge < -0.3 is 15.0 Å². The van der Waals surface area contributed by atoms with Crippen molar-refractivity contribution in [3.05, 3.63) is 64.4 Å². The molecule has 1 heterocycles.